The summed E-state index contributed by atoms with van der Waals surface area (Å²) in [5.74, 6) is 0.264. The average molecular weight is 413 g/mol. The van der Waals surface area contributed by atoms with Gasteiger partial charge in [-0.1, -0.05) is 44.9 Å². The van der Waals surface area contributed by atoms with E-state index < -0.39 is 17.4 Å². The van der Waals surface area contributed by atoms with Crippen LogP contribution in [0.15, 0.2) is 36.4 Å². The van der Waals surface area contributed by atoms with E-state index >= 15 is 0 Å². The maximum Gasteiger partial charge on any atom is 0.234 e. The molecule has 1 spiro atoms. The lowest BCUT2D eigenvalue weighted by Crippen LogP contribution is -2.46. The molecule has 4 rings (SSSR count). The van der Waals surface area contributed by atoms with E-state index in [-0.39, 0.29) is 24.0 Å². The molecule has 3 aliphatic rings. The fourth-order valence-electron chi connectivity index (χ4n) is 5.04. The number of hydrogen-bond donors (Lipinski definition) is 1. The van der Waals surface area contributed by atoms with Gasteiger partial charge in [0.15, 0.2) is 0 Å². The molecule has 30 heavy (non-hydrogen) atoms. The SMILES string of the molecule is COc1cccc(N2C[C@@]34C=C[C@@H](O3)[C@@H](C(=O)N[C@@H](C)CCCC(C)C)[C@H]4C2=O)c1. The highest BCUT2D eigenvalue weighted by atomic mass is 16.5. The number of carbonyl (C=O) groups is 2. The fraction of sp³-hybridized carbons (Fsp3) is 0.583. The second-order valence-electron chi connectivity index (χ2n) is 9.26. The summed E-state index contributed by atoms with van der Waals surface area (Å²) in [6.45, 7) is 6.88. The van der Waals surface area contributed by atoms with Crippen LogP contribution in [0.2, 0.25) is 0 Å². The molecular weight excluding hydrogens is 380 g/mol. The molecule has 2 fully saturated rings. The second kappa shape index (κ2) is 8.06. The van der Waals surface area contributed by atoms with E-state index in [0.717, 1.165) is 24.9 Å². The fourth-order valence-corrected chi connectivity index (χ4v) is 5.04. The van der Waals surface area contributed by atoms with Gasteiger partial charge in [0, 0.05) is 17.8 Å². The third-order valence-corrected chi connectivity index (χ3v) is 6.58. The van der Waals surface area contributed by atoms with Crippen LogP contribution in [-0.4, -0.2) is 43.2 Å². The molecule has 0 radical (unpaired) electrons. The maximum atomic E-state index is 13.4. The van der Waals surface area contributed by atoms with E-state index in [1.807, 2.05) is 43.3 Å². The lowest BCUT2D eigenvalue weighted by Gasteiger charge is -2.25. The predicted molar refractivity (Wildman–Crippen MR) is 115 cm³/mol. The minimum Gasteiger partial charge on any atom is -0.497 e. The molecule has 2 saturated heterocycles. The number of rotatable bonds is 8. The minimum absolute atomic E-state index is 0.0530. The van der Waals surface area contributed by atoms with Gasteiger partial charge in [-0.05, 0) is 31.4 Å². The van der Waals surface area contributed by atoms with E-state index in [2.05, 4.69) is 19.2 Å². The number of methoxy groups -OCH3 is 1. The van der Waals surface area contributed by atoms with Crippen LogP contribution >= 0.6 is 0 Å². The Kier molecular flexibility index (Phi) is 5.62. The highest BCUT2D eigenvalue weighted by Gasteiger charge is 2.67. The highest BCUT2D eigenvalue weighted by Crippen LogP contribution is 2.52. The number of carbonyl (C=O) groups excluding carboxylic acids is 2. The second-order valence-corrected chi connectivity index (χ2v) is 9.26. The van der Waals surface area contributed by atoms with Gasteiger partial charge in [0.1, 0.15) is 11.4 Å². The van der Waals surface area contributed by atoms with Gasteiger partial charge in [0.2, 0.25) is 11.8 Å². The number of nitrogens with zero attached hydrogens (tertiary/aromatic N) is 1. The van der Waals surface area contributed by atoms with Crippen LogP contribution in [0.5, 0.6) is 5.75 Å². The Hall–Kier alpha value is -2.34. The largest absolute Gasteiger partial charge is 0.497 e. The summed E-state index contributed by atoms with van der Waals surface area (Å²) in [7, 11) is 1.61. The molecule has 2 bridgehead atoms. The molecular formula is C24H32N2O4. The summed E-state index contributed by atoms with van der Waals surface area (Å²) in [5, 5.41) is 3.14. The lowest BCUT2D eigenvalue weighted by atomic mass is 9.76. The summed E-state index contributed by atoms with van der Waals surface area (Å²) >= 11 is 0. The summed E-state index contributed by atoms with van der Waals surface area (Å²) in [4.78, 5) is 28.3. The first-order valence-corrected chi connectivity index (χ1v) is 11.0. The van der Waals surface area contributed by atoms with Crippen molar-refractivity contribution < 1.29 is 19.1 Å². The van der Waals surface area contributed by atoms with Crippen molar-refractivity contribution in [3.8, 4) is 5.75 Å². The minimum atomic E-state index is -0.715. The number of hydrogen-bond acceptors (Lipinski definition) is 4. The van der Waals surface area contributed by atoms with Crippen LogP contribution in [0.3, 0.4) is 0 Å². The number of amides is 2. The maximum absolute atomic E-state index is 13.4. The van der Waals surface area contributed by atoms with Crippen molar-refractivity contribution in [2.45, 2.75) is 57.8 Å². The smallest absolute Gasteiger partial charge is 0.234 e. The number of anilines is 1. The van der Waals surface area contributed by atoms with Gasteiger partial charge < -0.3 is 19.7 Å². The normalized spacial score (nSPS) is 30.1. The van der Waals surface area contributed by atoms with Gasteiger partial charge in [-0.3, -0.25) is 9.59 Å². The van der Waals surface area contributed by atoms with Gasteiger partial charge in [-0.15, -0.1) is 0 Å². The van der Waals surface area contributed by atoms with Gasteiger partial charge in [-0.25, -0.2) is 0 Å². The molecule has 2 amide bonds. The van der Waals surface area contributed by atoms with Gasteiger partial charge in [0.05, 0.1) is 31.6 Å². The van der Waals surface area contributed by atoms with Crippen molar-refractivity contribution in [1.29, 1.82) is 0 Å². The van der Waals surface area contributed by atoms with Gasteiger partial charge >= 0.3 is 0 Å². The zero-order valence-corrected chi connectivity index (χ0v) is 18.3. The molecule has 1 aromatic rings. The van der Waals surface area contributed by atoms with Crippen molar-refractivity contribution in [1.82, 2.24) is 5.32 Å². The Labute approximate surface area is 178 Å². The quantitative estimate of drug-likeness (QED) is 0.665. The molecule has 6 nitrogen and oxygen atoms in total. The van der Waals surface area contributed by atoms with Crippen LogP contribution < -0.4 is 15.0 Å². The number of benzene rings is 1. The predicted octanol–water partition coefficient (Wildman–Crippen LogP) is 3.31. The van der Waals surface area contributed by atoms with E-state index in [1.165, 1.54) is 0 Å². The first kappa shape index (κ1) is 20.9. The van der Waals surface area contributed by atoms with Gasteiger partial charge in [0.25, 0.3) is 0 Å². The standard InChI is InChI=1S/C24H32N2O4/c1-15(2)7-5-8-16(3)25-22(27)20-19-11-12-24(30-19)14-26(23(28)21(20)24)17-9-6-10-18(13-17)29-4/h6,9-13,15-16,19-21H,5,7-8,14H2,1-4H3,(H,25,27)/t16-,19+,20+,21-,24+/m0/s1. The third-order valence-electron chi connectivity index (χ3n) is 6.58. The molecule has 0 aliphatic carbocycles. The van der Waals surface area contributed by atoms with E-state index in [0.29, 0.717) is 18.2 Å². The molecule has 3 heterocycles. The lowest BCUT2D eigenvalue weighted by molar-refractivity contribution is -0.132. The van der Waals surface area contributed by atoms with Crippen LogP contribution in [0, 0.1) is 17.8 Å². The van der Waals surface area contributed by atoms with Crippen LogP contribution in [0.4, 0.5) is 5.69 Å². The molecule has 5 atom stereocenters. The van der Waals surface area contributed by atoms with Crippen molar-refractivity contribution in [2.75, 3.05) is 18.6 Å². The molecule has 0 saturated carbocycles. The third kappa shape index (κ3) is 3.62. The van der Waals surface area contributed by atoms with E-state index in [1.54, 1.807) is 12.0 Å². The summed E-state index contributed by atoms with van der Waals surface area (Å²) in [6, 6.07) is 7.53. The zero-order valence-electron chi connectivity index (χ0n) is 18.3. The van der Waals surface area contributed by atoms with Crippen LogP contribution in [-0.2, 0) is 14.3 Å². The topological polar surface area (TPSA) is 67.9 Å². The van der Waals surface area contributed by atoms with Crippen LogP contribution in [0.1, 0.15) is 40.0 Å². The average Bonchev–Trinajstić information content (AvgIpc) is 3.36. The summed E-state index contributed by atoms with van der Waals surface area (Å²) < 4.78 is 11.5. The van der Waals surface area contributed by atoms with Crippen molar-refractivity contribution >= 4 is 17.5 Å². The number of ether oxygens (including phenoxy) is 2. The first-order valence-electron chi connectivity index (χ1n) is 11.0. The van der Waals surface area contributed by atoms with Crippen molar-refractivity contribution in [3.05, 3.63) is 36.4 Å². The van der Waals surface area contributed by atoms with Gasteiger partial charge in [-0.2, -0.15) is 0 Å². The summed E-state index contributed by atoms with van der Waals surface area (Å²) in [5.41, 5.74) is 0.0538. The van der Waals surface area contributed by atoms with E-state index in [9.17, 15) is 9.59 Å². The molecule has 162 valence electrons. The Bertz CT molecular complexity index is 851. The number of nitrogens with one attached hydrogen (secondary N) is 1. The molecule has 1 aromatic carbocycles. The Morgan fingerprint density at radius 3 is 2.87 bits per heavy atom. The molecule has 0 unspecified atom stereocenters. The molecule has 3 aliphatic heterocycles. The Balaban J connectivity index is 1.48. The Morgan fingerprint density at radius 2 is 2.13 bits per heavy atom. The Morgan fingerprint density at radius 1 is 1.33 bits per heavy atom. The highest BCUT2D eigenvalue weighted by molar-refractivity contribution is 6.03. The van der Waals surface area contributed by atoms with E-state index in [4.69, 9.17) is 9.47 Å². The zero-order chi connectivity index (χ0) is 21.5. The number of fused-ring (bicyclic) bond motifs is 1. The molecule has 6 heteroatoms. The van der Waals surface area contributed by atoms with Crippen molar-refractivity contribution in [2.24, 2.45) is 17.8 Å². The summed E-state index contributed by atoms with van der Waals surface area (Å²) in [6.07, 6.45) is 6.78. The van der Waals surface area contributed by atoms with Crippen LogP contribution in [0.25, 0.3) is 0 Å². The van der Waals surface area contributed by atoms with Crippen molar-refractivity contribution in [3.63, 3.8) is 0 Å². The monoisotopic (exact) mass is 412 g/mol. The molecule has 0 aromatic heterocycles. The first-order chi connectivity index (χ1) is 14.3. The molecule has 1 N–H and O–H groups in total.